The lowest BCUT2D eigenvalue weighted by atomic mass is 9.88. The topological polar surface area (TPSA) is 82.9 Å². The second-order valence-electron chi connectivity index (χ2n) is 12.1. The third kappa shape index (κ3) is 4.64. The number of aromatic nitrogens is 5. The Morgan fingerprint density at radius 2 is 0.760 bits per heavy atom. The van der Waals surface area contributed by atoms with Crippen LogP contribution in [0.15, 0.2) is 152 Å². The molecule has 0 N–H and O–H groups in total. The first-order valence-corrected chi connectivity index (χ1v) is 16.3. The van der Waals surface area contributed by atoms with Crippen molar-refractivity contribution < 1.29 is 9.47 Å². The lowest BCUT2D eigenvalue weighted by molar-refractivity contribution is 0.339. The van der Waals surface area contributed by atoms with E-state index in [-0.39, 0.29) is 0 Å². The van der Waals surface area contributed by atoms with Crippen LogP contribution in [0.3, 0.4) is 0 Å². The van der Waals surface area contributed by atoms with Crippen LogP contribution in [0.2, 0.25) is 0 Å². The summed E-state index contributed by atoms with van der Waals surface area (Å²) in [5.41, 5.74) is 6.34. The first kappa shape index (κ1) is 28.1. The minimum Gasteiger partial charge on any atom is -0.431 e. The Hall–Kier alpha value is -6.99. The lowest BCUT2D eigenvalue weighted by Gasteiger charge is -2.21. The number of fused-ring (bicyclic) bond motifs is 5. The summed E-state index contributed by atoms with van der Waals surface area (Å²) in [6, 6.07) is 50.7. The molecule has 7 aromatic carbocycles. The van der Waals surface area contributed by atoms with Gasteiger partial charge in [-0.05, 0) is 56.9 Å². The second-order valence-corrected chi connectivity index (χ2v) is 12.1. The van der Waals surface area contributed by atoms with Crippen LogP contribution in [0, 0.1) is 0 Å². The van der Waals surface area contributed by atoms with Crippen molar-refractivity contribution in [3.8, 4) is 68.5 Å². The molecule has 0 spiro atoms. The van der Waals surface area contributed by atoms with Crippen molar-refractivity contribution in [3.63, 3.8) is 0 Å². The minimum absolute atomic E-state index is 0.344. The maximum atomic E-state index is 6.35. The fourth-order valence-electron chi connectivity index (χ4n) is 6.74. The SMILES string of the molecule is c1ccc(-c2nc(-c3ccccc3)nc(-c3c4ccccc4c(-c4ccc5c(c4)Oc4nc6ccccc6nc4O5)c4ccccc34)n2)cc1. The van der Waals surface area contributed by atoms with Crippen LogP contribution in [-0.2, 0) is 0 Å². The van der Waals surface area contributed by atoms with Crippen molar-refractivity contribution in [2.45, 2.75) is 0 Å². The molecule has 7 heteroatoms. The summed E-state index contributed by atoms with van der Waals surface area (Å²) in [6.07, 6.45) is 0. The maximum absolute atomic E-state index is 6.35. The van der Waals surface area contributed by atoms with Crippen LogP contribution in [-0.4, -0.2) is 24.9 Å². The van der Waals surface area contributed by atoms with Crippen LogP contribution < -0.4 is 9.47 Å². The molecule has 1 aliphatic heterocycles. The Kier molecular flexibility index (Phi) is 6.35. The zero-order valence-electron chi connectivity index (χ0n) is 26.5. The van der Waals surface area contributed by atoms with E-state index in [4.69, 9.17) is 29.4 Å². The fraction of sp³-hybridized carbons (Fsp3) is 0. The molecule has 9 aromatic rings. The molecule has 0 amide bonds. The molecule has 10 rings (SSSR count). The van der Waals surface area contributed by atoms with E-state index >= 15 is 0 Å². The number of nitrogens with zero attached hydrogens (tertiary/aromatic N) is 5. The number of ether oxygens (including phenoxy) is 2. The monoisotopic (exact) mass is 643 g/mol. The molecule has 0 fully saturated rings. The number of hydrogen-bond donors (Lipinski definition) is 0. The summed E-state index contributed by atoms with van der Waals surface area (Å²) >= 11 is 0. The van der Waals surface area contributed by atoms with Crippen molar-refractivity contribution in [3.05, 3.63) is 152 Å². The van der Waals surface area contributed by atoms with E-state index in [1.807, 2.05) is 97.1 Å². The summed E-state index contributed by atoms with van der Waals surface area (Å²) in [6.45, 7) is 0. The Morgan fingerprint density at radius 3 is 1.30 bits per heavy atom. The van der Waals surface area contributed by atoms with Gasteiger partial charge in [-0.3, -0.25) is 0 Å². The molecule has 2 aromatic heterocycles. The van der Waals surface area contributed by atoms with Crippen LogP contribution in [0.4, 0.5) is 0 Å². The van der Waals surface area contributed by atoms with Gasteiger partial charge < -0.3 is 9.47 Å². The Bertz CT molecular complexity index is 2650. The molecule has 0 radical (unpaired) electrons. The molecule has 50 heavy (non-hydrogen) atoms. The molecule has 0 aliphatic carbocycles. The van der Waals surface area contributed by atoms with Crippen molar-refractivity contribution in [1.29, 1.82) is 0 Å². The predicted octanol–water partition coefficient (Wildman–Crippen LogP) is 10.7. The summed E-state index contributed by atoms with van der Waals surface area (Å²) < 4.78 is 12.6. The largest absolute Gasteiger partial charge is 0.431 e. The van der Waals surface area contributed by atoms with E-state index < -0.39 is 0 Å². The van der Waals surface area contributed by atoms with E-state index in [1.54, 1.807) is 0 Å². The van der Waals surface area contributed by atoms with Gasteiger partial charge in [0.2, 0.25) is 0 Å². The van der Waals surface area contributed by atoms with E-state index in [1.165, 1.54) is 0 Å². The van der Waals surface area contributed by atoms with Crippen LogP contribution in [0.25, 0.3) is 77.9 Å². The number of rotatable bonds is 4. The van der Waals surface area contributed by atoms with Crippen molar-refractivity contribution in [2.24, 2.45) is 0 Å². The molecule has 234 valence electrons. The summed E-state index contributed by atoms with van der Waals surface area (Å²) in [5, 5.41) is 4.19. The molecular weight excluding hydrogens is 619 g/mol. The fourth-order valence-corrected chi connectivity index (χ4v) is 6.74. The smallest absolute Gasteiger partial charge is 0.284 e. The highest BCUT2D eigenvalue weighted by Gasteiger charge is 2.25. The van der Waals surface area contributed by atoms with Crippen LogP contribution in [0.1, 0.15) is 0 Å². The van der Waals surface area contributed by atoms with E-state index in [9.17, 15) is 0 Å². The first-order chi connectivity index (χ1) is 24.8. The Labute approximate surface area is 286 Å². The van der Waals surface area contributed by atoms with Gasteiger partial charge in [0.15, 0.2) is 29.0 Å². The summed E-state index contributed by atoms with van der Waals surface area (Å²) in [5.74, 6) is 3.71. The van der Waals surface area contributed by atoms with Gasteiger partial charge in [0.25, 0.3) is 11.8 Å². The lowest BCUT2D eigenvalue weighted by Crippen LogP contribution is -2.03. The molecular formula is C43H25N5O2. The van der Waals surface area contributed by atoms with Crippen molar-refractivity contribution >= 4 is 32.6 Å². The van der Waals surface area contributed by atoms with Gasteiger partial charge in [-0.15, -0.1) is 0 Å². The van der Waals surface area contributed by atoms with Gasteiger partial charge in [-0.2, -0.15) is 0 Å². The van der Waals surface area contributed by atoms with E-state index in [0.717, 1.165) is 60.4 Å². The van der Waals surface area contributed by atoms with Gasteiger partial charge in [0.1, 0.15) is 0 Å². The van der Waals surface area contributed by atoms with Gasteiger partial charge in [-0.1, -0.05) is 127 Å². The molecule has 7 nitrogen and oxygen atoms in total. The van der Waals surface area contributed by atoms with E-state index in [0.29, 0.717) is 40.7 Å². The molecule has 3 heterocycles. The maximum Gasteiger partial charge on any atom is 0.284 e. The minimum atomic E-state index is 0.344. The highest BCUT2D eigenvalue weighted by atomic mass is 16.6. The molecule has 0 atom stereocenters. The standard InChI is InChI=1S/C43H25N5O2/c1-3-13-26(14-4-1)39-46-40(27-15-5-2-6-16-27)48-41(47-39)38-31-19-9-7-17-29(31)37(30-18-8-10-20-32(30)38)28-23-24-35-36(25-28)50-43-42(49-35)44-33-21-11-12-22-34(33)45-43/h1-25H. The van der Waals surface area contributed by atoms with Crippen molar-refractivity contribution in [2.75, 3.05) is 0 Å². The second kappa shape index (κ2) is 11.3. The molecule has 0 saturated heterocycles. The van der Waals surface area contributed by atoms with E-state index in [2.05, 4.69) is 59.6 Å². The zero-order valence-corrected chi connectivity index (χ0v) is 26.5. The molecule has 1 aliphatic rings. The van der Waals surface area contributed by atoms with Gasteiger partial charge in [0.05, 0.1) is 11.0 Å². The summed E-state index contributed by atoms with van der Waals surface area (Å²) in [4.78, 5) is 24.5. The predicted molar refractivity (Wildman–Crippen MR) is 196 cm³/mol. The molecule has 0 saturated carbocycles. The number of benzene rings is 7. The van der Waals surface area contributed by atoms with Crippen LogP contribution >= 0.6 is 0 Å². The highest BCUT2D eigenvalue weighted by Crippen LogP contribution is 2.48. The zero-order chi connectivity index (χ0) is 33.0. The third-order valence-corrected chi connectivity index (χ3v) is 9.01. The normalized spacial score (nSPS) is 11.9. The van der Waals surface area contributed by atoms with Crippen molar-refractivity contribution in [1.82, 2.24) is 24.9 Å². The average molecular weight is 644 g/mol. The van der Waals surface area contributed by atoms with Gasteiger partial charge in [0, 0.05) is 16.7 Å². The Balaban J connectivity index is 1.19. The molecule has 0 unspecified atom stereocenters. The quantitative estimate of drug-likeness (QED) is 0.176. The molecule has 0 bridgehead atoms. The van der Waals surface area contributed by atoms with Gasteiger partial charge >= 0.3 is 0 Å². The number of para-hydroxylation sites is 2. The Morgan fingerprint density at radius 1 is 0.320 bits per heavy atom. The third-order valence-electron chi connectivity index (χ3n) is 9.01. The first-order valence-electron chi connectivity index (χ1n) is 16.3. The average Bonchev–Trinajstić information content (AvgIpc) is 3.18. The summed E-state index contributed by atoms with van der Waals surface area (Å²) in [7, 11) is 0. The number of hydrogen-bond acceptors (Lipinski definition) is 7. The highest BCUT2D eigenvalue weighted by molar-refractivity contribution is 6.20. The van der Waals surface area contributed by atoms with Gasteiger partial charge in [-0.25, -0.2) is 24.9 Å². The van der Waals surface area contributed by atoms with Crippen LogP contribution in [0.5, 0.6) is 23.3 Å².